The van der Waals surface area contributed by atoms with Crippen molar-refractivity contribution in [2.24, 2.45) is 4.99 Å². The molecule has 0 aliphatic carbocycles. The van der Waals surface area contributed by atoms with Crippen LogP contribution in [0.5, 0.6) is 0 Å². The van der Waals surface area contributed by atoms with Crippen LogP contribution in [0.4, 0.5) is 0 Å². The number of fused-ring (bicyclic) bond motifs is 3. The molecule has 0 spiro atoms. The predicted octanol–water partition coefficient (Wildman–Crippen LogP) is 2.87. The van der Waals surface area contributed by atoms with Crippen molar-refractivity contribution in [3.8, 4) is 5.69 Å². The fourth-order valence-corrected chi connectivity index (χ4v) is 3.16. The molecule has 23 heavy (non-hydrogen) atoms. The average molecular weight is 369 g/mol. The van der Waals surface area contributed by atoms with E-state index in [1.165, 1.54) is 0 Å². The lowest BCUT2D eigenvalue weighted by Crippen LogP contribution is -2.10. The molecule has 1 N–H and O–H groups in total. The van der Waals surface area contributed by atoms with Crippen LogP contribution < -0.4 is 0 Å². The number of imidazole rings is 1. The maximum atomic E-state index is 9.62. The molecule has 1 aromatic carbocycles. The summed E-state index contributed by atoms with van der Waals surface area (Å²) in [6.07, 6.45) is 3.46. The number of rotatable bonds is 2. The smallest absolute Gasteiger partial charge is 0.135 e. The maximum Gasteiger partial charge on any atom is 0.135 e. The number of hydrogen-bond acceptors (Lipinski definition) is 4. The zero-order valence-electron chi connectivity index (χ0n) is 12.1. The van der Waals surface area contributed by atoms with E-state index in [2.05, 4.69) is 25.9 Å². The number of halogens is 1. The van der Waals surface area contributed by atoms with Gasteiger partial charge in [0.25, 0.3) is 0 Å². The van der Waals surface area contributed by atoms with Crippen LogP contribution in [0, 0.1) is 0 Å². The van der Waals surface area contributed by atoms with Crippen molar-refractivity contribution < 1.29 is 5.11 Å². The molecule has 3 aromatic rings. The number of pyridine rings is 1. The molecule has 0 saturated heterocycles. The molecule has 0 radical (unpaired) electrons. The highest BCUT2D eigenvalue weighted by Crippen LogP contribution is 2.28. The molecule has 0 bridgehead atoms. The Labute approximate surface area is 141 Å². The van der Waals surface area contributed by atoms with E-state index >= 15 is 0 Å². The molecule has 6 heteroatoms. The van der Waals surface area contributed by atoms with Crippen molar-refractivity contribution in [2.45, 2.75) is 13.2 Å². The molecular weight excluding hydrogens is 356 g/mol. The van der Waals surface area contributed by atoms with Crippen LogP contribution in [0.2, 0.25) is 0 Å². The number of aromatic nitrogens is 3. The standard InChI is InChI=1S/C17H13BrN4O/c18-11-4-5-15-13(7-11)17(14-3-1-2-6-19-14)21-9-16-20-8-12(10-23)22(15)16/h1-8,23H,9-10H2. The molecule has 3 heterocycles. The van der Waals surface area contributed by atoms with E-state index in [1.54, 1.807) is 12.4 Å². The number of aliphatic imine (C=N–C) groups is 1. The Hall–Kier alpha value is -2.31. The van der Waals surface area contributed by atoms with Gasteiger partial charge >= 0.3 is 0 Å². The van der Waals surface area contributed by atoms with Crippen LogP contribution >= 0.6 is 15.9 Å². The molecule has 0 unspecified atom stereocenters. The zero-order chi connectivity index (χ0) is 15.8. The second-order valence-corrected chi connectivity index (χ2v) is 6.12. The summed E-state index contributed by atoms with van der Waals surface area (Å²) in [4.78, 5) is 13.6. The number of aliphatic hydroxyl groups is 1. The van der Waals surface area contributed by atoms with Gasteiger partial charge in [-0.1, -0.05) is 22.0 Å². The van der Waals surface area contributed by atoms with Crippen LogP contribution in [0.3, 0.4) is 0 Å². The Bertz CT molecular complexity index is 902. The number of nitrogens with zero attached hydrogens (tertiary/aromatic N) is 4. The normalized spacial score (nSPS) is 13.0. The molecular formula is C17H13BrN4O. The van der Waals surface area contributed by atoms with Crippen LogP contribution in [-0.4, -0.2) is 25.4 Å². The van der Waals surface area contributed by atoms with Crippen molar-refractivity contribution in [3.05, 3.63) is 76.0 Å². The lowest BCUT2D eigenvalue weighted by molar-refractivity contribution is 0.274. The van der Waals surface area contributed by atoms with Crippen LogP contribution in [0.1, 0.15) is 22.8 Å². The van der Waals surface area contributed by atoms with Gasteiger partial charge in [0.15, 0.2) is 0 Å². The van der Waals surface area contributed by atoms with E-state index in [0.717, 1.165) is 38.6 Å². The molecule has 2 aromatic heterocycles. The van der Waals surface area contributed by atoms with E-state index in [1.807, 2.05) is 41.0 Å². The fraction of sp³-hybridized carbons (Fsp3) is 0.118. The van der Waals surface area contributed by atoms with E-state index in [0.29, 0.717) is 6.54 Å². The quantitative estimate of drug-likeness (QED) is 0.756. The van der Waals surface area contributed by atoms with Gasteiger partial charge < -0.3 is 5.11 Å². The topological polar surface area (TPSA) is 63.3 Å². The molecule has 0 atom stereocenters. The molecule has 5 nitrogen and oxygen atoms in total. The molecule has 1 aliphatic heterocycles. The average Bonchev–Trinajstić information content (AvgIpc) is 2.92. The summed E-state index contributed by atoms with van der Waals surface area (Å²) >= 11 is 3.53. The van der Waals surface area contributed by atoms with E-state index in [-0.39, 0.29) is 6.61 Å². The molecule has 1 aliphatic rings. The third kappa shape index (κ3) is 2.40. The van der Waals surface area contributed by atoms with Gasteiger partial charge in [0.05, 0.1) is 42.1 Å². The van der Waals surface area contributed by atoms with Gasteiger partial charge in [-0.2, -0.15) is 0 Å². The van der Waals surface area contributed by atoms with Gasteiger partial charge in [0.2, 0.25) is 0 Å². The van der Waals surface area contributed by atoms with Gasteiger partial charge in [-0.3, -0.25) is 14.5 Å². The molecule has 0 fully saturated rings. The Kier molecular flexibility index (Phi) is 3.55. The Morgan fingerprint density at radius 3 is 2.87 bits per heavy atom. The van der Waals surface area contributed by atoms with Gasteiger partial charge in [-0.15, -0.1) is 0 Å². The monoisotopic (exact) mass is 368 g/mol. The molecule has 4 rings (SSSR count). The lowest BCUT2D eigenvalue weighted by Gasteiger charge is -2.13. The Morgan fingerprint density at radius 1 is 1.17 bits per heavy atom. The van der Waals surface area contributed by atoms with Gasteiger partial charge in [-0.05, 0) is 30.3 Å². The van der Waals surface area contributed by atoms with Crippen molar-refractivity contribution >= 4 is 21.6 Å². The van der Waals surface area contributed by atoms with Gasteiger partial charge in [-0.25, -0.2) is 4.98 Å². The first-order valence-electron chi connectivity index (χ1n) is 7.20. The maximum absolute atomic E-state index is 9.62. The summed E-state index contributed by atoms with van der Waals surface area (Å²) < 4.78 is 2.94. The summed E-state index contributed by atoms with van der Waals surface area (Å²) in [5.41, 5.74) is 4.32. The second kappa shape index (κ2) is 5.72. The first-order chi connectivity index (χ1) is 11.3. The van der Waals surface area contributed by atoms with E-state index in [4.69, 9.17) is 4.99 Å². The van der Waals surface area contributed by atoms with Crippen LogP contribution in [0.15, 0.2) is 58.3 Å². The van der Waals surface area contributed by atoms with Crippen molar-refractivity contribution in [3.63, 3.8) is 0 Å². The SMILES string of the molecule is OCc1cnc2n1-c1ccc(Br)cc1C(c1ccccn1)=NC2. The molecule has 114 valence electrons. The highest BCUT2D eigenvalue weighted by molar-refractivity contribution is 9.10. The summed E-state index contributed by atoms with van der Waals surface area (Å²) in [5.74, 6) is 0.809. The summed E-state index contributed by atoms with van der Waals surface area (Å²) in [6.45, 7) is 0.375. The van der Waals surface area contributed by atoms with E-state index in [9.17, 15) is 5.11 Å². The first-order valence-corrected chi connectivity index (χ1v) is 7.99. The Morgan fingerprint density at radius 2 is 2.09 bits per heavy atom. The molecule has 0 amide bonds. The number of hydrogen-bond donors (Lipinski definition) is 1. The highest BCUT2D eigenvalue weighted by atomic mass is 79.9. The second-order valence-electron chi connectivity index (χ2n) is 5.20. The van der Waals surface area contributed by atoms with E-state index < -0.39 is 0 Å². The Balaban J connectivity index is 2.00. The zero-order valence-corrected chi connectivity index (χ0v) is 13.7. The van der Waals surface area contributed by atoms with Crippen LogP contribution in [-0.2, 0) is 13.2 Å². The van der Waals surface area contributed by atoms with Crippen molar-refractivity contribution in [1.29, 1.82) is 0 Å². The van der Waals surface area contributed by atoms with Gasteiger partial charge in [0, 0.05) is 16.2 Å². The van der Waals surface area contributed by atoms with Crippen LogP contribution in [0.25, 0.3) is 5.69 Å². The van der Waals surface area contributed by atoms with Crippen molar-refractivity contribution in [1.82, 2.24) is 14.5 Å². The highest BCUT2D eigenvalue weighted by Gasteiger charge is 2.22. The lowest BCUT2D eigenvalue weighted by atomic mass is 10.0. The number of benzene rings is 1. The minimum atomic E-state index is -0.0680. The summed E-state index contributed by atoms with van der Waals surface area (Å²) in [7, 11) is 0. The summed E-state index contributed by atoms with van der Waals surface area (Å²) in [5, 5.41) is 9.62. The largest absolute Gasteiger partial charge is 0.390 e. The van der Waals surface area contributed by atoms with Gasteiger partial charge in [0.1, 0.15) is 5.82 Å². The molecule has 0 saturated carbocycles. The third-order valence-corrected chi connectivity index (χ3v) is 4.30. The van der Waals surface area contributed by atoms with Crippen molar-refractivity contribution in [2.75, 3.05) is 0 Å². The predicted molar refractivity (Wildman–Crippen MR) is 90.8 cm³/mol. The fourth-order valence-electron chi connectivity index (χ4n) is 2.80. The first kappa shape index (κ1) is 14.3. The minimum Gasteiger partial charge on any atom is -0.390 e. The number of aliphatic hydroxyl groups excluding tert-OH is 1. The minimum absolute atomic E-state index is 0.0680. The summed E-state index contributed by atoms with van der Waals surface area (Å²) in [6, 6.07) is 11.8. The third-order valence-electron chi connectivity index (χ3n) is 3.81.